The minimum Gasteiger partial charge on any atom is -0.493 e. The van der Waals surface area contributed by atoms with Crippen molar-refractivity contribution in [1.82, 2.24) is 15.3 Å². The minimum atomic E-state index is -0.305. The fourth-order valence-electron chi connectivity index (χ4n) is 5.06. The number of halogens is 1. The molecule has 1 saturated heterocycles. The molecule has 10 heteroatoms. The number of pyridine rings is 1. The van der Waals surface area contributed by atoms with E-state index in [2.05, 4.69) is 20.6 Å². The van der Waals surface area contributed by atoms with Gasteiger partial charge in [0.2, 0.25) is 0 Å². The van der Waals surface area contributed by atoms with Crippen LogP contribution in [0.25, 0.3) is 11.3 Å². The lowest BCUT2D eigenvalue weighted by Gasteiger charge is -2.34. The van der Waals surface area contributed by atoms with E-state index >= 15 is 0 Å². The van der Waals surface area contributed by atoms with Crippen LogP contribution < -0.4 is 20.1 Å². The number of ether oxygens (including phenoxy) is 4. The van der Waals surface area contributed by atoms with Crippen molar-refractivity contribution in [2.45, 2.75) is 50.4 Å². The number of para-hydroxylation sites is 1. The molecule has 3 N–H and O–H groups in total. The number of nitrogens with zero attached hydrogens (tertiary/aromatic N) is 1. The number of hydrogen-bond donors (Lipinski definition) is 3. The maximum Gasteiger partial charge on any atom is 0.255 e. The number of aromatic nitrogens is 2. The Balaban J connectivity index is 1.37. The van der Waals surface area contributed by atoms with Crippen molar-refractivity contribution in [2.24, 2.45) is 0 Å². The lowest BCUT2D eigenvalue weighted by molar-refractivity contribution is -0.181. The summed E-state index contributed by atoms with van der Waals surface area (Å²) in [6.45, 7) is 5.26. The molecule has 1 saturated carbocycles. The summed E-state index contributed by atoms with van der Waals surface area (Å²) in [4.78, 5) is 21.2. The van der Waals surface area contributed by atoms with Gasteiger partial charge < -0.3 is 34.6 Å². The number of anilines is 2. The summed E-state index contributed by atoms with van der Waals surface area (Å²) in [5, 5.41) is 7.12. The van der Waals surface area contributed by atoms with Crippen LogP contribution in [0.2, 0.25) is 5.02 Å². The number of fused-ring (bicyclic) bond motifs is 1. The third-order valence-electron chi connectivity index (χ3n) is 7.29. The molecule has 2 fully saturated rings. The van der Waals surface area contributed by atoms with E-state index in [-0.39, 0.29) is 23.2 Å². The number of rotatable bonds is 7. The molecule has 1 aromatic carbocycles. The maximum absolute atomic E-state index is 13.4. The molecule has 9 nitrogen and oxygen atoms in total. The Morgan fingerprint density at radius 2 is 2.11 bits per heavy atom. The van der Waals surface area contributed by atoms with Crippen LogP contribution in [0.4, 0.5) is 11.4 Å². The highest BCUT2D eigenvalue weighted by atomic mass is 35.5. The van der Waals surface area contributed by atoms with Gasteiger partial charge in [0, 0.05) is 29.4 Å². The first kappa shape index (κ1) is 25.0. The summed E-state index contributed by atoms with van der Waals surface area (Å²) < 4.78 is 23.6. The van der Waals surface area contributed by atoms with Crippen LogP contribution >= 0.6 is 11.6 Å². The summed E-state index contributed by atoms with van der Waals surface area (Å²) in [6.07, 6.45) is 5.87. The predicted molar refractivity (Wildman–Crippen MR) is 144 cm³/mol. The number of aromatic amines is 1. The first-order valence-corrected chi connectivity index (χ1v) is 13.1. The van der Waals surface area contributed by atoms with Gasteiger partial charge >= 0.3 is 0 Å². The van der Waals surface area contributed by atoms with Crippen molar-refractivity contribution in [3.8, 4) is 22.8 Å². The first-order valence-electron chi connectivity index (χ1n) is 12.8. The van der Waals surface area contributed by atoms with Crippen LogP contribution in [0.15, 0.2) is 36.7 Å². The third-order valence-corrected chi connectivity index (χ3v) is 7.59. The van der Waals surface area contributed by atoms with E-state index in [1.165, 1.54) is 0 Å². The fourth-order valence-corrected chi connectivity index (χ4v) is 5.31. The second kappa shape index (κ2) is 9.48. The standard InChI is InChI=1S/C28H31ClN4O5/c1-27(2)15-37-16(14-38-27)13-36-21-12-30-10-7-17(21)23-24(31-19-6-4-5-18(29)25(19)35-3)22-20(32-23)11-28(8-9-28)33-26(22)34/h4-7,10,12,16,31-32H,8-9,11,13-15H2,1-3H3,(H,33,34)/t16-/m1/s1. The molecule has 1 aliphatic carbocycles. The number of nitrogens with one attached hydrogen (secondary N) is 3. The quantitative estimate of drug-likeness (QED) is 0.394. The number of H-pyrrole nitrogens is 1. The Hall–Kier alpha value is -3.27. The van der Waals surface area contributed by atoms with E-state index in [0.717, 1.165) is 36.2 Å². The van der Waals surface area contributed by atoms with Gasteiger partial charge in [-0.25, -0.2) is 0 Å². The molecule has 1 amide bonds. The molecule has 3 aromatic rings. The fraction of sp³-hybridized carbons (Fsp3) is 0.429. The number of carbonyl (C=O) groups is 1. The Morgan fingerprint density at radius 1 is 1.26 bits per heavy atom. The average molecular weight is 539 g/mol. The molecular weight excluding hydrogens is 508 g/mol. The number of amides is 1. The topological polar surface area (TPSA) is 107 Å². The smallest absolute Gasteiger partial charge is 0.255 e. The van der Waals surface area contributed by atoms with Gasteiger partial charge in [-0.3, -0.25) is 9.78 Å². The van der Waals surface area contributed by atoms with Crippen LogP contribution in [-0.2, 0) is 15.9 Å². The molecule has 0 unspecified atom stereocenters. The van der Waals surface area contributed by atoms with Crippen LogP contribution in [-0.4, -0.2) is 60.0 Å². The Kier molecular flexibility index (Phi) is 6.25. The second-order valence-electron chi connectivity index (χ2n) is 10.8. The number of benzene rings is 1. The highest BCUT2D eigenvalue weighted by Crippen LogP contribution is 2.48. The summed E-state index contributed by atoms with van der Waals surface area (Å²) in [7, 11) is 1.57. The van der Waals surface area contributed by atoms with Gasteiger partial charge in [-0.2, -0.15) is 0 Å². The maximum atomic E-state index is 13.4. The van der Waals surface area contributed by atoms with Gasteiger partial charge in [-0.15, -0.1) is 0 Å². The number of carbonyl (C=O) groups excluding carboxylic acids is 1. The van der Waals surface area contributed by atoms with Gasteiger partial charge in [0.05, 0.1) is 59.8 Å². The van der Waals surface area contributed by atoms with E-state index in [4.69, 9.17) is 30.5 Å². The van der Waals surface area contributed by atoms with E-state index < -0.39 is 0 Å². The Labute approximate surface area is 226 Å². The largest absolute Gasteiger partial charge is 0.493 e. The van der Waals surface area contributed by atoms with Crippen molar-refractivity contribution in [2.75, 3.05) is 32.2 Å². The van der Waals surface area contributed by atoms with E-state index in [1.807, 2.05) is 32.0 Å². The molecule has 2 aromatic heterocycles. The van der Waals surface area contributed by atoms with Crippen molar-refractivity contribution in [1.29, 1.82) is 0 Å². The van der Waals surface area contributed by atoms with Gasteiger partial charge in [-0.1, -0.05) is 17.7 Å². The molecule has 6 rings (SSSR count). The lowest BCUT2D eigenvalue weighted by Crippen LogP contribution is -2.44. The van der Waals surface area contributed by atoms with Crippen molar-refractivity contribution in [3.05, 3.63) is 52.9 Å². The summed E-state index contributed by atoms with van der Waals surface area (Å²) >= 11 is 6.40. The molecule has 200 valence electrons. The molecule has 0 bridgehead atoms. The zero-order valence-electron chi connectivity index (χ0n) is 21.7. The van der Waals surface area contributed by atoms with Gasteiger partial charge in [0.1, 0.15) is 18.5 Å². The highest BCUT2D eigenvalue weighted by molar-refractivity contribution is 6.32. The van der Waals surface area contributed by atoms with Crippen LogP contribution in [0.3, 0.4) is 0 Å². The predicted octanol–water partition coefficient (Wildman–Crippen LogP) is 4.87. The average Bonchev–Trinajstić information content (AvgIpc) is 3.53. The van der Waals surface area contributed by atoms with Crippen LogP contribution in [0.1, 0.15) is 42.7 Å². The van der Waals surface area contributed by atoms with Crippen molar-refractivity contribution in [3.63, 3.8) is 0 Å². The van der Waals surface area contributed by atoms with E-state index in [9.17, 15) is 4.79 Å². The molecular formula is C28H31ClN4O5. The molecule has 1 spiro atoms. The Bertz CT molecular complexity index is 1370. The van der Waals surface area contributed by atoms with E-state index in [1.54, 1.807) is 25.6 Å². The second-order valence-corrected chi connectivity index (χ2v) is 11.2. The first-order chi connectivity index (χ1) is 18.3. The summed E-state index contributed by atoms with van der Waals surface area (Å²) in [5.74, 6) is 0.956. The number of hydrogen-bond acceptors (Lipinski definition) is 7. The summed E-state index contributed by atoms with van der Waals surface area (Å²) in [5.41, 5.74) is 3.78. The van der Waals surface area contributed by atoms with Crippen LogP contribution in [0, 0.1) is 0 Å². The highest BCUT2D eigenvalue weighted by Gasteiger charge is 2.49. The Morgan fingerprint density at radius 3 is 2.84 bits per heavy atom. The van der Waals surface area contributed by atoms with Gasteiger partial charge in [0.25, 0.3) is 5.91 Å². The monoisotopic (exact) mass is 538 g/mol. The zero-order chi connectivity index (χ0) is 26.5. The van der Waals surface area contributed by atoms with Gasteiger partial charge in [0.15, 0.2) is 5.75 Å². The normalized spacial score (nSPS) is 20.9. The minimum absolute atomic E-state index is 0.110. The summed E-state index contributed by atoms with van der Waals surface area (Å²) in [6, 6.07) is 7.33. The molecule has 4 heterocycles. The molecule has 0 radical (unpaired) electrons. The third kappa shape index (κ3) is 4.70. The molecule has 3 aliphatic rings. The molecule has 2 aliphatic heterocycles. The van der Waals surface area contributed by atoms with Crippen molar-refractivity contribution >= 4 is 28.9 Å². The molecule has 1 atom stereocenters. The van der Waals surface area contributed by atoms with E-state index in [0.29, 0.717) is 53.3 Å². The zero-order valence-corrected chi connectivity index (χ0v) is 22.4. The SMILES string of the molecule is COc1c(Cl)cccc1Nc1c(-c2ccncc2OC[C@@H]2COC(C)(C)CO2)[nH]c2c1C(=O)NC1(CC1)C2. The van der Waals surface area contributed by atoms with Crippen LogP contribution in [0.5, 0.6) is 11.5 Å². The van der Waals surface area contributed by atoms with Gasteiger partial charge in [-0.05, 0) is 44.9 Å². The molecule has 38 heavy (non-hydrogen) atoms. The number of methoxy groups -OCH3 is 1. The lowest BCUT2D eigenvalue weighted by atomic mass is 9.98. The van der Waals surface area contributed by atoms with Crippen molar-refractivity contribution < 1.29 is 23.7 Å².